The summed E-state index contributed by atoms with van der Waals surface area (Å²) in [4.78, 5) is 14.7. The number of hydrogen-bond acceptors (Lipinski definition) is 5. The van der Waals surface area contributed by atoms with Crippen LogP contribution < -0.4 is 4.74 Å². The van der Waals surface area contributed by atoms with Gasteiger partial charge in [0.25, 0.3) is 0 Å². The molecule has 7 heteroatoms. The Hall–Kier alpha value is -3.58. The third-order valence-electron chi connectivity index (χ3n) is 5.16. The van der Waals surface area contributed by atoms with Crippen molar-refractivity contribution in [1.82, 2.24) is 19.7 Å². The zero-order valence-electron chi connectivity index (χ0n) is 18.9. The number of amides is 1. The van der Waals surface area contributed by atoms with Crippen LogP contribution in [0.5, 0.6) is 5.75 Å². The third kappa shape index (κ3) is 5.26. The quantitative estimate of drug-likeness (QED) is 0.345. The lowest BCUT2D eigenvalue weighted by molar-refractivity contribution is -0.128. The van der Waals surface area contributed by atoms with Crippen molar-refractivity contribution in [3.8, 4) is 11.4 Å². The van der Waals surface area contributed by atoms with Crippen LogP contribution >= 0.6 is 11.8 Å². The van der Waals surface area contributed by atoms with Crippen molar-refractivity contribution in [3.05, 3.63) is 102 Å². The van der Waals surface area contributed by atoms with Crippen LogP contribution in [-0.2, 0) is 11.4 Å². The van der Waals surface area contributed by atoms with Crippen LogP contribution in [0.2, 0.25) is 0 Å². The predicted molar refractivity (Wildman–Crippen MR) is 131 cm³/mol. The van der Waals surface area contributed by atoms with Gasteiger partial charge in [-0.25, -0.2) is 0 Å². The molecule has 1 atom stereocenters. The lowest BCUT2D eigenvalue weighted by Crippen LogP contribution is -2.27. The molecule has 0 aliphatic rings. The monoisotopic (exact) mass is 458 g/mol. The van der Waals surface area contributed by atoms with Crippen molar-refractivity contribution < 1.29 is 9.53 Å². The van der Waals surface area contributed by atoms with Crippen molar-refractivity contribution in [2.75, 3.05) is 14.1 Å². The Kier molecular flexibility index (Phi) is 7.10. The van der Waals surface area contributed by atoms with Crippen LogP contribution in [0.15, 0.2) is 90.1 Å². The molecule has 0 fully saturated rings. The smallest absolute Gasteiger partial charge is 0.240 e. The Bertz CT molecular complexity index is 1210. The van der Waals surface area contributed by atoms with Gasteiger partial charge in [0.2, 0.25) is 5.91 Å². The van der Waals surface area contributed by atoms with Gasteiger partial charge < -0.3 is 9.64 Å². The van der Waals surface area contributed by atoms with Gasteiger partial charge in [0, 0.05) is 19.8 Å². The largest absolute Gasteiger partial charge is 0.485 e. The van der Waals surface area contributed by atoms with Gasteiger partial charge in [0.05, 0.1) is 0 Å². The van der Waals surface area contributed by atoms with E-state index in [9.17, 15) is 4.79 Å². The number of nitrogens with zero attached hydrogens (tertiary/aromatic N) is 4. The molecule has 0 saturated heterocycles. The summed E-state index contributed by atoms with van der Waals surface area (Å²) >= 11 is 1.39. The molecule has 0 bridgehead atoms. The summed E-state index contributed by atoms with van der Waals surface area (Å²) < 4.78 is 8.03. The molecule has 6 nitrogen and oxygen atoms in total. The minimum absolute atomic E-state index is 0.00785. The summed E-state index contributed by atoms with van der Waals surface area (Å²) in [6, 6.07) is 27.5. The van der Waals surface area contributed by atoms with Crippen LogP contribution in [0.1, 0.15) is 22.2 Å². The number of rotatable bonds is 8. The van der Waals surface area contributed by atoms with Crippen molar-refractivity contribution in [1.29, 1.82) is 0 Å². The van der Waals surface area contributed by atoms with Gasteiger partial charge in [-0.1, -0.05) is 78.5 Å². The molecule has 168 valence electrons. The topological polar surface area (TPSA) is 60.3 Å². The molecule has 0 N–H and O–H groups in total. The average molecular weight is 459 g/mol. The summed E-state index contributed by atoms with van der Waals surface area (Å²) in [6.45, 7) is 2.26. The molecule has 0 saturated carbocycles. The van der Waals surface area contributed by atoms with E-state index in [1.807, 2.05) is 96.4 Å². The lowest BCUT2D eigenvalue weighted by Gasteiger charge is -2.20. The van der Waals surface area contributed by atoms with Gasteiger partial charge in [0.15, 0.2) is 11.0 Å². The second kappa shape index (κ2) is 10.4. The lowest BCUT2D eigenvalue weighted by atomic mass is 10.1. The predicted octanol–water partition coefficient (Wildman–Crippen LogP) is 5.08. The Labute approximate surface area is 198 Å². The SMILES string of the molecule is Cc1ccccc1OCc1nnc(SC(C(=O)N(C)C)c2ccccc2)n1-c1ccccc1. The first-order chi connectivity index (χ1) is 16.0. The van der Waals surface area contributed by atoms with Crippen LogP contribution in [0, 0.1) is 6.92 Å². The molecule has 0 aliphatic heterocycles. The summed E-state index contributed by atoms with van der Waals surface area (Å²) in [5, 5.41) is 9.08. The van der Waals surface area contributed by atoms with Crippen molar-refractivity contribution in [2.45, 2.75) is 23.9 Å². The molecular formula is C26H26N4O2S. The maximum atomic E-state index is 13.1. The normalized spacial score (nSPS) is 11.7. The van der Waals surface area contributed by atoms with Crippen molar-refractivity contribution in [3.63, 3.8) is 0 Å². The highest BCUT2D eigenvalue weighted by Crippen LogP contribution is 2.37. The molecule has 1 heterocycles. The number of benzene rings is 3. The molecule has 0 radical (unpaired) electrons. The highest BCUT2D eigenvalue weighted by atomic mass is 32.2. The molecule has 1 unspecified atom stereocenters. The molecule has 0 aliphatic carbocycles. The molecule has 4 rings (SSSR count). The van der Waals surface area contributed by atoms with E-state index in [4.69, 9.17) is 4.74 Å². The van der Waals surface area contributed by atoms with Gasteiger partial charge in [-0.05, 0) is 36.2 Å². The van der Waals surface area contributed by atoms with Crippen LogP contribution in [0.25, 0.3) is 5.69 Å². The number of para-hydroxylation sites is 2. The molecule has 33 heavy (non-hydrogen) atoms. The number of carbonyl (C=O) groups is 1. The number of hydrogen-bond donors (Lipinski definition) is 0. The summed E-state index contributed by atoms with van der Waals surface area (Å²) in [7, 11) is 3.53. The Balaban J connectivity index is 1.70. The fourth-order valence-electron chi connectivity index (χ4n) is 3.40. The standard InChI is InChI=1S/C26H26N4O2S/c1-19-12-10-11-17-22(19)32-18-23-27-28-26(30(23)21-15-8-5-9-16-21)33-24(25(31)29(2)3)20-13-6-4-7-14-20/h4-17,24H,18H2,1-3H3. The average Bonchev–Trinajstić information content (AvgIpc) is 3.25. The molecule has 3 aromatic carbocycles. The fourth-order valence-corrected chi connectivity index (χ4v) is 4.62. The second-order valence-corrected chi connectivity index (χ2v) is 8.84. The maximum Gasteiger partial charge on any atom is 0.240 e. The van der Waals surface area contributed by atoms with Gasteiger partial charge in [-0.15, -0.1) is 10.2 Å². The third-order valence-corrected chi connectivity index (χ3v) is 6.34. The highest BCUT2D eigenvalue weighted by molar-refractivity contribution is 8.00. The maximum absolute atomic E-state index is 13.1. The second-order valence-electron chi connectivity index (χ2n) is 7.77. The van der Waals surface area contributed by atoms with Gasteiger partial charge in [-0.2, -0.15) is 0 Å². The van der Waals surface area contributed by atoms with Crippen LogP contribution in [0.3, 0.4) is 0 Å². The molecule has 1 aromatic heterocycles. The molecular weight excluding hydrogens is 432 g/mol. The Morgan fingerprint density at radius 2 is 1.58 bits per heavy atom. The van der Waals surface area contributed by atoms with E-state index >= 15 is 0 Å². The van der Waals surface area contributed by atoms with E-state index in [0.29, 0.717) is 11.0 Å². The summed E-state index contributed by atoms with van der Waals surface area (Å²) in [5.74, 6) is 1.46. The van der Waals surface area contributed by atoms with Crippen molar-refractivity contribution in [2.24, 2.45) is 0 Å². The van der Waals surface area contributed by atoms with Crippen LogP contribution in [0.4, 0.5) is 0 Å². The van der Waals surface area contributed by atoms with E-state index in [1.165, 1.54) is 11.8 Å². The Morgan fingerprint density at radius 3 is 2.24 bits per heavy atom. The zero-order chi connectivity index (χ0) is 23.2. The number of likely N-dealkylation sites (N-methyl/N-ethyl adjacent to an activating group) is 1. The van der Waals surface area contributed by atoms with Gasteiger partial charge >= 0.3 is 0 Å². The van der Waals surface area contributed by atoms with E-state index in [2.05, 4.69) is 10.2 Å². The Morgan fingerprint density at radius 1 is 0.939 bits per heavy atom. The number of thioether (sulfide) groups is 1. The van der Waals surface area contributed by atoms with E-state index < -0.39 is 5.25 Å². The number of aromatic nitrogens is 3. The van der Waals surface area contributed by atoms with E-state index in [-0.39, 0.29) is 12.5 Å². The summed E-state index contributed by atoms with van der Waals surface area (Å²) in [5.41, 5.74) is 2.89. The zero-order valence-corrected chi connectivity index (χ0v) is 19.7. The van der Waals surface area contributed by atoms with E-state index in [0.717, 1.165) is 22.6 Å². The van der Waals surface area contributed by atoms with Gasteiger partial charge in [-0.3, -0.25) is 9.36 Å². The number of carbonyl (C=O) groups excluding carboxylic acids is 1. The molecule has 1 amide bonds. The fraction of sp³-hybridized carbons (Fsp3) is 0.192. The first-order valence-electron chi connectivity index (χ1n) is 10.7. The highest BCUT2D eigenvalue weighted by Gasteiger charge is 2.27. The van der Waals surface area contributed by atoms with Crippen LogP contribution in [-0.4, -0.2) is 39.7 Å². The molecule has 0 spiro atoms. The number of ether oxygens (including phenoxy) is 1. The minimum Gasteiger partial charge on any atom is -0.485 e. The minimum atomic E-state index is -0.446. The first-order valence-corrected chi connectivity index (χ1v) is 11.5. The first kappa shape index (κ1) is 22.6. The number of aryl methyl sites for hydroxylation is 1. The van der Waals surface area contributed by atoms with E-state index in [1.54, 1.807) is 19.0 Å². The van der Waals surface area contributed by atoms with Gasteiger partial charge in [0.1, 0.15) is 17.6 Å². The molecule has 4 aromatic rings. The van der Waals surface area contributed by atoms with Crippen molar-refractivity contribution >= 4 is 17.7 Å². The summed E-state index contributed by atoms with van der Waals surface area (Å²) in [6.07, 6.45) is 0.